The van der Waals surface area contributed by atoms with Crippen molar-refractivity contribution in [3.8, 4) is 0 Å². The van der Waals surface area contributed by atoms with Crippen LogP contribution in [0.1, 0.15) is 31.0 Å². The Labute approximate surface area is 137 Å². The second-order valence-corrected chi connectivity index (χ2v) is 6.26. The molecule has 23 heavy (non-hydrogen) atoms. The van der Waals surface area contributed by atoms with Gasteiger partial charge in [0.1, 0.15) is 0 Å². The zero-order valence-corrected chi connectivity index (χ0v) is 13.5. The van der Waals surface area contributed by atoms with Crippen LogP contribution in [-0.2, 0) is 17.8 Å². The van der Waals surface area contributed by atoms with E-state index >= 15 is 0 Å². The molecule has 1 aliphatic rings. The molecule has 0 aliphatic carbocycles. The van der Waals surface area contributed by atoms with Gasteiger partial charge < -0.3 is 5.32 Å². The molecule has 5 heteroatoms. The summed E-state index contributed by atoms with van der Waals surface area (Å²) >= 11 is 0. The van der Waals surface area contributed by atoms with Gasteiger partial charge in [0.2, 0.25) is 5.91 Å². The number of likely N-dealkylation sites (tertiary alicyclic amines) is 1. The fourth-order valence-corrected chi connectivity index (χ4v) is 3.47. The molecule has 1 saturated heterocycles. The molecule has 1 aromatic carbocycles. The number of benzene rings is 1. The van der Waals surface area contributed by atoms with Crippen molar-refractivity contribution >= 4 is 5.91 Å². The molecule has 2 heterocycles. The van der Waals surface area contributed by atoms with Crippen LogP contribution in [0.25, 0.3) is 0 Å². The minimum absolute atomic E-state index is 0.0523. The van der Waals surface area contributed by atoms with Crippen molar-refractivity contribution in [1.29, 1.82) is 0 Å². The van der Waals surface area contributed by atoms with Gasteiger partial charge in [-0.05, 0) is 37.4 Å². The van der Waals surface area contributed by atoms with Gasteiger partial charge in [-0.15, -0.1) is 0 Å². The first-order valence-electron chi connectivity index (χ1n) is 8.25. The van der Waals surface area contributed by atoms with Crippen LogP contribution in [-0.4, -0.2) is 39.6 Å². The van der Waals surface area contributed by atoms with E-state index in [0.29, 0.717) is 6.04 Å². The van der Waals surface area contributed by atoms with Crippen LogP contribution >= 0.6 is 0 Å². The number of rotatable bonds is 5. The number of carbonyl (C=O) groups excluding carboxylic acids is 1. The summed E-state index contributed by atoms with van der Waals surface area (Å²) in [4.78, 5) is 14.1. The zero-order valence-electron chi connectivity index (χ0n) is 13.5. The summed E-state index contributed by atoms with van der Waals surface area (Å²) in [6.45, 7) is 3.49. The van der Waals surface area contributed by atoms with Gasteiger partial charge in [0, 0.05) is 37.4 Å². The first-order chi connectivity index (χ1) is 11.2. The van der Waals surface area contributed by atoms with Crippen LogP contribution in [0.4, 0.5) is 0 Å². The van der Waals surface area contributed by atoms with E-state index < -0.39 is 0 Å². The summed E-state index contributed by atoms with van der Waals surface area (Å²) in [6, 6.07) is 13.0. The number of aromatic nitrogens is 2. The molecule has 1 aromatic heterocycles. The molecule has 0 spiro atoms. The molecule has 5 nitrogen and oxygen atoms in total. The number of carbonyl (C=O) groups is 1. The van der Waals surface area contributed by atoms with Crippen LogP contribution < -0.4 is 5.32 Å². The highest BCUT2D eigenvalue weighted by molar-refractivity contribution is 5.73. The number of hydrogen-bond donors (Lipinski definition) is 2. The smallest absolute Gasteiger partial charge is 0.217 e. The third kappa shape index (κ3) is 4.20. The molecule has 0 unspecified atom stereocenters. The highest BCUT2D eigenvalue weighted by Gasteiger charge is 2.32. The van der Waals surface area contributed by atoms with E-state index in [1.807, 2.05) is 12.1 Å². The monoisotopic (exact) mass is 312 g/mol. The maximum absolute atomic E-state index is 11.6. The average molecular weight is 312 g/mol. The molecule has 122 valence electrons. The van der Waals surface area contributed by atoms with Gasteiger partial charge in [-0.2, -0.15) is 5.10 Å². The van der Waals surface area contributed by atoms with Crippen molar-refractivity contribution in [1.82, 2.24) is 20.4 Å². The van der Waals surface area contributed by atoms with Gasteiger partial charge in [0.15, 0.2) is 0 Å². The molecule has 2 aromatic rings. The van der Waals surface area contributed by atoms with Gasteiger partial charge in [0.05, 0.1) is 0 Å². The van der Waals surface area contributed by atoms with Crippen LogP contribution in [0, 0.1) is 0 Å². The van der Waals surface area contributed by atoms with Gasteiger partial charge in [0.25, 0.3) is 0 Å². The lowest BCUT2D eigenvalue weighted by atomic mass is 9.90. The second kappa shape index (κ2) is 7.42. The molecule has 1 amide bonds. The van der Waals surface area contributed by atoms with E-state index in [1.165, 1.54) is 5.56 Å². The summed E-state index contributed by atoms with van der Waals surface area (Å²) in [5.74, 6) is 0.0523. The van der Waals surface area contributed by atoms with E-state index in [2.05, 4.69) is 44.7 Å². The first-order valence-corrected chi connectivity index (χ1v) is 8.25. The lowest BCUT2D eigenvalue weighted by Gasteiger charge is -2.41. The van der Waals surface area contributed by atoms with Crippen LogP contribution in [0.2, 0.25) is 0 Å². The van der Waals surface area contributed by atoms with Crippen molar-refractivity contribution in [3.05, 3.63) is 53.9 Å². The maximum atomic E-state index is 11.6. The highest BCUT2D eigenvalue weighted by atomic mass is 16.1. The van der Waals surface area contributed by atoms with Gasteiger partial charge in [-0.25, -0.2) is 0 Å². The van der Waals surface area contributed by atoms with E-state index in [9.17, 15) is 4.79 Å². The maximum Gasteiger partial charge on any atom is 0.217 e. The quantitative estimate of drug-likeness (QED) is 0.889. The molecule has 0 bridgehead atoms. The molecular formula is C18H24N4O. The topological polar surface area (TPSA) is 61.0 Å². The Bertz CT molecular complexity index is 611. The van der Waals surface area contributed by atoms with Crippen LogP contribution in [0.15, 0.2) is 42.6 Å². The van der Waals surface area contributed by atoms with E-state index in [1.54, 1.807) is 13.1 Å². The van der Waals surface area contributed by atoms with E-state index in [4.69, 9.17) is 0 Å². The molecule has 2 N–H and O–H groups in total. The Morgan fingerprint density at radius 1 is 1.35 bits per heavy atom. The van der Waals surface area contributed by atoms with Crippen LogP contribution in [0.5, 0.6) is 0 Å². The van der Waals surface area contributed by atoms with E-state index in [-0.39, 0.29) is 11.9 Å². The van der Waals surface area contributed by atoms with Gasteiger partial charge >= 0.3 is 0 Å². The number of nitrogens with one attached hydrogen (secondary N) is 2. The molecular weight excluding hydrogens is 288 g/mol. The van der Waals surface area contributed by atoms with Gasteiger partial charge in [-0.3, -0.25) is 14.8 Å². The number of hydrogen-bond acceptors (Lipinski definition) is 3. The number of amides is 1. The number of aromatic amines is 1. The summed E-state index contributed by atoms with van der Waals surface area (Å²) in [6.07, 6.45) is 4.87. The van der Waals surface area contributed by atoms with Crippen LogP contribution in [0.3, 0.4) is 0 Å². The van der Waals surface area contributed by atoms with Gasteiger partial charge in [-0.1, -0.05) is 30.3 Å². The minimum atomic E-state index is 0.0523. The summed E-state index contributed by atoms with van der Waals surface area (Å²) in [7, 11) is 0. The Kier molecular flexibility index (Phi) is 5.08. The standard InChI is InChI=1S/C18H24N4O/c1-14(23)20-17-8-5-11-22(13-16-9-10-19-21-16)18(17)12-15-6-3-2-4-7-15/h2-4,6-7,9-10,17-18H,5,8,11-13H2,1H3,(H,19,21)(H,20,23)/t17-,18-/m0/s1. The van der Waals surface area contributed by atoms with Crippen molar-refractivity contribution < 1.29 is 4.79 Å². The second-order valence-electron chi connectivity index (χ2n) is 6.26. The van der Waals surface area contributed by atoms with Crippen molar-refractivity contribution in [2.24, 2.45) is 0 Å². The lowest BCUT2D eigenvalue weighted by molar-refractivity contribution is -0.120. The summed E-state index contributed by atoms with van der Waals surface area (Å²) in [5, 5.41) is 10.2. The van der Waals surface area contributed by atoms with E-state index in [0.717, 1.165) is 38.0 Å². The van der Waals surface area contributed by atoms with Crippen molar-refractivity contribution in [2.75, 3.05) is 6.54 Å². The molecule has 3 rings (SSSR count). The fraction of sp³-hybridized carbons (Fsp3) is 0.444. The Hall–Kier alpha value is -2.14. The first kappa shape index (κ1) is 15.7. The largest absolute Gasteiger partial charge is 0.352 e. The third-order valence-corrected chi connectivity index (χ3v) is 4.50. The molecule has 1 fully saturated rings. The third-order valence-electron chi connectivity index (χ3n) is 4.50. The normalized spacial score (nSPS) is 22.0. The Morgan fingerprint density at radius 2 is 2.17 bits per heavy atom. The highest BCUT2D eigenvalue weighted by Crippen LogP contribution is 2.23. The SMILES string of the molecule is CC(=O)N[C@H]1CCCN(Cc2ccn[nH]2)[C@H]1Cc1ccccc1. The average Bonchev–Trinajstić information content (AvgIpc) is 3.04. The fourth-order valence-electron chi connectivity index (χ4n) is 3.47. The molecule has 2 atom stereocenters. The summed E-state index contributed by atoms with van der Waals surface area (Å²) < 4.78 is 0. The minimum Gasteiger partial charge on any atom is -0.352 e. The number of H-pyrrole nitrogens is 1. The lowest BCUT2D eigenvalue weighted by Crippen LogP contribution is -2.55. The number of nitrogens with zero attached hydrogens (tertiary/aromatic N) is 2. The molecule has 1 aliphatic heterocycles. The number of piperidine rings is 1. The Balaban J connectivity index is 1.78. The summed E-state index contributed by atoms with van der Waals surface area (Å²) in [5.41, 5.74) is 2.43. The Morgan fingerprint density at radius 3 is 2.87 bits per heavy atom. The molecule has 0 saturated carbocycles. The van der Waals surface area contributed by atoms with Crippen molar-refractivity contribution in [2.45, 2.75) is 44.8 Å². The molecule has 0 radical (unpaired) electrons. The predicted octanol–water partition coefficient (Wildman–Crippen LogP) is 2.12. The van der Waals surface area contributed by atoms with Crippen molar-refractivity contribution in [3.63, 3.8) is 0 Å². The zero-order chi connectivity index (χ0) is 16.1. The predicted molar refractivity (Wildman–Crippen MR) is 89.8 cm³/mol.